The van der Waals surface area contributed by atoms with E-state index in [1.54, 1.807) is 16.4 Å². The van der Waals surface area contributed by atoms with Gasteiger partial charge in [0.15, 0.2) is 0 Å². The van der Waals surface area contributed by atoms with Crippen molar-refractivity contribution in [2.75, 3.05) is 32.7 Å². The molecule has 1 aromatic carbocycles. The summed E-state index contributed by atoms with van der Waals surface area (Å²) in [5.41, 5.74) is 3.07. The molecule has 2 aliphatic rings. The lowest BCUT2D eigenvalue weighted by Gasteiger charge is -2.35. The van der Waals surface area contributed by atoms with E-state index in [-0.39, 0.29) is 5.91 Å². The summed E-state index contributed by atoms with van der Waals surface area (Å²) in [5.74, 6) is -0.0560. The third kappa shape index (κ3) is 4.47. The second-order valence-electron chi connectivity index (χ2n) is 5.92. The third-order valence-electron chi connectivity index (χ3n) is 4.33. The van der Waals surface area contributed by atoms with E-state index in [1.807, 2.05) is 0 Å². The first-order valence-electron chi connectivity index (χ1n) is 7.99. The molecule has 9 heteroatoms. The zero-order chi connectivity index (χ0) is 17.9. The number of rotatable bonds is 4. The lowest BCUT2D eigenvalue weighted by molar-refractivity contribution is -0.138. The molecule has 1 saturated heterocycles. The van der Waals surface area contributed by atoms with Gasteiger partial charge in [-0.1, -0.05) is 18.2 Å². The van der Waals surface area contributed by atoms with Gasteiger partial charge < -0.3 is 10.3 Å². The van der Waals surface area contributed by atoms with Gasteiger partial charge in [0.1, 0.15) is 5.70 Å². The summed E-state index contributed by atoms with van der Waals surface area (Å²) < 4.78 is 39.1. The highest BCUT2D eigenvalue weighted by Gasteiger charge is 2.33. The molecule has 2 aliphatic heterocycles. The molecule has 1 fully saturated rings. The summed E-state index contributed by atoms with van der Waals surface area (Å²) in [6.07, 6.45) is -3.98. The van der Waals surface area contributed by atoms with Crippen molar-refractivity contribution < 1.29 is 18.0 Å². The van der Waals surface area contributed by atoms with E-state index >= 15 is 0 Å². The Kier molecular flexibility index (Phi) is 5.55. The first-order chi connectivity index (χ1) is 11.9. The predicted molar refractivity (Wildman–Crippen MR) is 90.1 cm³/mol. The SMILES string of the molecule is O=C(C1=CSNN1)N1CCN(CCc2ccccc2C(F)(F)F)CC1. The van der Waals surface area contributed by atoms with Crippen molar-refractivity contribution >= 4 is 17.9 Å². The van der Waals surface area contributed by atoms with Crippen LogP contribution in [-0.2, 0) is 17.4 Å². The number of hydrogen-bond acceptors (Lipinski definition) is 5. The number of hydrogen-bond donors (Lipinski definition) is 2. The van der Waals surface area contributed by atoms with Crippen LogP contribution in [0.1, 0.15) is 11.1 Å². The van der Waals surface area contributed by atoms with E-state index in [1.165, 1.54) is 24.1 Å². The van der Waals surface area contributed by atoms with Crippen molar-refractivity contribution in [2.45, 2.75) is 12.6 Å². The number of benzene rings is 1. The first-order valence-corrected chi connectivity index (χ1v) is 8.86. The van der Waals surface area contributed by atoms with Gasteiger partial charge in [0.05, 0.1) is 5.56 Å². The van der Waals surface area contributed by atoms with Crippen LogP contribution >= 0.6 is 11.9 Å². The molecule has 2 N–H and O–H groups in total. The molecule has 0 bridgehead atoms. The number of nitrogens with zero attached hydrogens (tertiary/aromatic N) is 2. The summed E-state index contributed by atoms with van der Waals surface area (Å²) in [6, 6.07) is 5.71. The molecular formula is C16H19F3N4OS. The van der Waals surface area contributed by atoms with Gasteiger partial charge >= 0.3 is 6.18 Å². The smallest absolute Gasteiger partial charge is 0.335 e. The van der Waals surface area contributed by atoms with Crippen molar-refractivity contribution in [3.05, 3.63) is 46.5 Å². The van der Waals surface area contributed by atoms with E-state index in [9.17, 15) is 18.0 Å². The van der Waals surface area contributed by atoms with E-state index < -0.39 is 11.7 Å². The zero-order valence-electron chi connectivity index (χ0n) is 13.5. The highest BCUT2D eigenvalue weighted by Crippen LogP contribution is 2.32. The Bertz CT molecular complexity index is 657. The lowest BCUT2D eigenvalue weighted by Crippen LogP contribution is -2.50. The summed E-state index contributed by atoms with van der Waals surface area (Å²) in [5, 5.41) is 1.72. The number of nitrogens with one attached hydrogen (secondary N) is 2. The normalized spacial score (nSPS) is 18.8. The molecule has 2 heterocycles. The molecule has 1 aromatic rings. The van der Waals surface area contributed by atoms with Gasteiger partial charge in [-0.15, -0.1) is 0 Å². The first kappa shape index (κ1) is 18.1. The van der Waals surface area contributed by atoms with E-state index in [2.05, 4.69) is 15.2 Å². The number of piperazine rings is 1. The predicted octanol–water partition coefficient (Wildman–Crippen LogP) is 1.99. The maximum Gasteiger partial charge on any atom is 0.416 e. The van der Waals surface area contributed by atoms with Crippen LogP contribution in [-0.4, -0.2) is 48.4 Å². The van der Waals surface area contributed by atoms with Crippen LogP contribution in [0.15, 0.2) is 35.4 Å². The summed E-state index contributed by atoms with van der Waals surface area (Å²) >= 11 is 1.31. The van der Waals surface area contributed by atoms with Crippen LogP contribution in [0.4, 0.5) is 13.2 Å². The molecule has 0 atom stereocenters. The fourth-order valence-electron chi connectivity index (χ4n) is 2.94. The number of amides is 1. The summed E-state index contributed by atoms with van der Waals surface area (Å²) in [4.78, 5) is 18.9. The molecule has 25 heavy (non-hydrogen) atoms. The van der Waals surface area contributed by atoms with Crippen LogP contribution in [0.5, 0.6) is 0 Å². The van der Waals surface area contributed by atoms with Crippen molar-refractivity contribution in [1.29, 1.82) is 0 Å². The van der Waals surface area contributed by atoms with Gasteiger partial charge in [-0.2, -0.15) is 18.0 Å². The largest absolute Gasteiger partial charge is 0.416 e. The number of carbonyl (C=O) groups excluding carboxylic acids is 1. The maximum atomic E-state index is 13.0. The maximum absolute atomic E-state index is 13.0. The van der Waals surface area contributed by atoms with Gasteiger partial charge in [-0.3, -0.25) is 9.69 Å². The Morgan fingerprint density at radius 3 is 2.52 bits per heavy atom. The second kappa shape index (κ2) is 7.67. The van der Waals surface area contributed by atoms with Gasteiger partial charge in [0, 0.05) is 38.1 Å². The molecular weight excluding hydrogens is 353 g/mol. The Labute approximate surface area is 148 Å². The Balaban J connectivity index is 1.51. The van der Waals surface area contributed by atoms with Gasteiger partial charge in [-0.05, 0) is 30.0 Å². The average Bonchev–Trinajstić information content (AvgIpc) is 3.14. The molecule has 0 radical (unpaired) electrons. The van der Waals surface area contributed by atoms with Crippen molar-refractivity contribution in [3.63, 3.8) is 0 Å². The Morgan fingerprint density at radius 2 is 1.88 bits per heavy atom. The standard InChI is InChI=1S/C16H19F3N4OS/c17-16(18,19)13-4-2-1-3-12(13)5-6-22-7-9-23(10-8-22)15(24)14-11-25-21-20-14/h1-4,11,20-21H,5-10H2. The minimum atomic E-state index is -4.32. The zero-order valence-corrected chi connectivity index (χ0v) is 14.3. The van der Waals surface area contributed by atoms with Gasteiger partial charge in [-0.25, -0.2) is 0 Å². The fraction of sp³-hybridized carbons (Fsp3) is 0.438. The minimum absolute atomic E-state index is 0.0560. The Hall–Kier alpha value is -1.71. The fourth-order valence-corrected chi connectivity index (χ4v) is 3.45. The number of hydrazine groups is 1. The summed E-state index contributed by atoms with van der Waals surface area (Å²) in [6.45, 7) is 3.02. The molecule has 0 aliphatic carbocycles. The van der Waals surface area contributed by atoms with E-state index in [4.69, 9.17) is 0 Å². The molecule has 0 aromatic heterocycles. The lowest BCUT2D eigenvalue weighted by atomic mass is 10.0. The topological polar surface area (TPSA) is 47.6 Å². The number of carbonyl (C=O) groups is 1. The number of halogens is 3. The van der Waals surface area contributed by atoms with E-state index in [0.717, 1.165) is 6.07 Å². The van der Waals surface area contributed by atoms with Crippen LogP contribution in [0.25, 0.3) is 0 Å². The number of alkyl halides is 3. The highest BCUT2D eigenvalue weighted by atomic mass is 32.2. The second-order valence-corrected chi connectivity index (χ2v) is 6.59. The molecule has 136 valence electrons. The van der Waals surface area contributed by atoms with Crippen molar-refractivity contribution in [3.8, 4) is 0 Å². The molecule has 0 unspecified atom stereocenters. The molecule has 0 saturated carbocycles. The van der Waals surface area contributed by atoms with Crippen LogP contribution in [0.3, 0.4) is 0 Å². The molecule has 5 nitrogen and oxygen atoms in total. The third-order valence-corrected chi connectivity index (χ3v) is 4.90. The monoisotopic (exact) mass is 372 g/mol. The van der Waals surface area contributed by atoms with Gasteiger partial charge in [0.25, 0.3) is 5.91 Å². The Morgan fingerprint density at radius 1 is 1.16 bits per heavy atom. The van der Waals surface area contributed by atoms with Gasteiger partial charge in [0.2, 0.25) is 0 Å². The minimum Gasteiger partial charge on any atom is -0.335 e. The molecule has 1 amide bonds. The highest BCUT2D eigenvalue weighted by molar-refractivity contribution is 8.00. The molecule has 0 spiro atoms. The van der Waals surface area contributed by atoms with Crippen LogP contribution < -0.4 is 10.3 Å². The summed E-state index contributed by atoms with van der Waals surface area (Å²) in [7, 11) is 0. The quantitative estimate of drug-likeness (QED) is 0.792. The van der Waals surface area contributed by atoms with Crippen LogP contribution in [0, 0.1) is 0 Å². The molecule has 3 rings (SSSR count). The van der Waals surface area contributed by atoms with E-state index in [0.29, 0.717) is 50.4 Å². The van der Waals surface area contributed by atoms with Crippen molar-refractivity contribution in [1.82, 2.24) is 20.1 Å². The average molecular weight is 372 g/mol. The van der Waals surface area contributed by atoms with Crippen LogP contribution in [0.2, 0.25) is 0 Å². The van der Waals surface area contributed by atoms with Crippen molar-refractivity contribution in [2.24, 2.45) is 0 Å².